The van der Waals surface area contributed by atoms with Gasteiger partial charge in [0.1, 0.15) is 5.60 Å². The average Bonchev–Trinajstić information content (AvgIpc) is 2.61. The van der Waals surface area contributed by atoms with Crippen molar-refractivity contribution in [2.45, 2.75) is 45.6 Å². The van der Waals surface area contributed by atoms with Gasteiger partial charge in [0.15, 0.2) is 0 Å². The Hall–Kier alpha value is -1.51. The molecule has 1 amide bonds. The van der Waals surface area contributed by atoms with Crippen LogP contribution in [0.1, 0.15) is 38.3 Å². The van der Waals surface area contributed by atoms with E-state index in [0.717, 1.165) is 18.5 Å². The highest BCUT2D eigenvalue weighted by Crippen LogP contribution is 2.25. The Kier molecular flexibility index (Phi) is 3.09. The molecule has 0 unspecified atom stereocenters. The Morgan fingerprint density at radius 1 is 1.24 bits per heavy atom. The fraction of sp³-hybridized carbons (Fsp3) is 0.500. The number of nitrogens with one attached hydrogen (secondary N) is 1. The minimum atomic E-state index is -0.458. The van der Waals surface area contributed by atoms with Crippen LogP contribution in [0.4, 0.5) is 10.5 Å². The molecule has 0 saturated carbocycles. The summed E-state index contributed by atoms with van der Waals surface area (Å²) in [6.45, 7) is 5.57. The van der Waals surface area contributed by atoms with Crippen molar-refractivity contribution >= 4 is 11.8 Å². The second kappa shape index (κ2) is 4.40. The van der Waals surface area contributed by atoms with E-state index in [0.29, 0.717) is 0 Å². The van der Waals surface area contributed by atoms with Crippen molar-refractivity contribution < 1.29 is 9.53 Å². The number of benzene rings is 1. The Bertz CT molecular complexity index is 432. The standard InChI is InChI=1S/C14H19NO2/c1-14(2,3)17-13(16)15-12-8-7-10-5-4-6-11(10)9-12/h7-9H,4-6H2,1-3H3,(H,15,16). The summed E-state index contributed by atoms with van der Waals surface area (Å²) in [6.07, 6.45) is 3.09. The van der Waals surface area contributed by atoms with Crippen LogP contribution in [0.5, 0.6) is 0 Å². The van der Waals surface area contributed by atoms with Crippen molar-refractivity contribution in [1.82, 2.24) is 0 Å². The molecule has 1 aromatic rings. The van der Waals surface area contributed by atoms with Crippen molar-refractivity contribution in [1.29, 1.82) is 0 Å². The largest absolute Gasteiger partial charge is 0.444 e. The summed E-state index contributed by atoms with van der Waals surface area (Å²) in [5, 5.41) is 2.77. The Morgan fingerprint density at radius 2 is 1.94 bits per heavy atom. The number of rotatable bonds is 1. The van der Waals surface area contributed by atoms with Crippen LogP contribution in [0.2, 0.25) is 0 Å². The lowest BCUT2D eigenvalue weighted by molar-refractivity contribution is 0.0636. The molecule has 0 bridgehead atoms. The molecule has 0 fully saturated rings. The third-order valence-corrected chi connectivity index (χ3v) is 2.74. The van der Waals surface area contributed by atoms with Gasteiger partial charge in [-0.2, -0.15) is 0 Å². The number of carbonyl (C=O) groups excluding carboxylic acids is 1. The number of hydrogen-bond donors (Lipinski definition) is 1. The maximum Gasteiger partial charge on any atom is 0.412 e. The molecule has 2 rings (SSSR count). The molecule has 0 heterocycles. The van der Waals surface area contributed by atoms with Crippen molar-refractivity contribution in [3.05, 3.63) is 29.3 Å². The van der Waals surface area contributed by atoms with Gasteiger partial charge >= 0.3 is 6.09 Å². The van der Waals surface area contributed by atoms with Crippen LogP contribution in [0.15, 0.2) is 18.2 Å². The topological polar surface area (TPSA) is 38.3 Å². The molecule has 0 aromatic heterocycles. The summed E-state index contributed by atoms with van der Waals surface area (Å²) in [5.41, 5.74) is 3.11. The monoisotopic (exact) mass is 233 g/mol. The van der Waals surface area contributed by atoms with E-state index in [-0.39, 0.29) is 0 Å². The zero-order valence-electron chi connectivity index (χ0n) is 10.7. The van der Waals surface area contributed by atoms with Gasteiger partial charge in [-0.3, -0.25) is 5.32 Å². The Balaban J connectivity index is 2.02. The molecule has 17 heavy (non-hydrogen) atoms. The second-order valence-electron chi connectivity index (χ2n) is 5.46. The van der Waals surface area contributed by atoms with Gasteiger partial charge in [0, 0.05) is 5.69 Å². The van der Waals surface area contributed by atoms with Gasteiger partial charge in [0.05, 0.1) is 0 Å². The van der Waals surface area contributed by atoms with Crippen molar-refractivity contribution in [2.24, 2.45) is 0 Å². The molecule has 1 aliphatic rings. The predicted molar refractivity (Wildman–Crippen MR) is 68.3 cm³/mol. The molecule has 0 aliphatic heterocycles. The van der Waals surface area contributed by atoms with E-state index in [1.54, 1.807) is 0 Å². The quantitative estimate of drug-likeness (QED) is 0.806. The number of hydrogen-bond acceptors (Lipinski definition) is 2. The minimum Gasteiger partial charge on any atom is -0.444 e. The van der Waals surface area contributed by atoms with Gasteiger partial charge in [0.25, 0.3) is 0 Å². The van der Waals surface area contributed by atoms with Crippen LogP contribution in [0.3, 0.4) is 0 Å². The molecule has 0 radical (unpaired) electrons. The number of carbonyl (C=O) groups is 1. The van der Waals surface area contributed by atoms with Crippen molar-refractivity contribution in [3.8, 4) is 0 Å². The summed E-state index contributed by atoms with van der Waals surface area (Å²) in [4.78, 5) is 11.6. The lowest BCUT2D eigenvalue weighted by atomic mass is 10.1. The van der Waals surface area contributed by atoms with Crippen LogP contribution in [-0.4, -0.2) is 11.7 Å². The van der Waals surface area contributed by atoms with E-state index < -0.39 is 11.7 Å². The van der Waals surface area contributed by atoms with Crippen molar-refractivity contribution in [2.75, 3.05) is 5.32 Å². The maximum absolute atomic E-state index is 11.6. The first-order valence-electron chi connectivity index (χ1n) is 6.06. The fourth-order valence-corrected chi connectivity index (χ4v) is 2.07. The van der Waals surface area contributed by atoms with E-state index in [1.165, 1.54) is 17.5 Å². The number of amides is 1. The summed E-state index contributed by atoms with van der Waals surface area (Å²) in [5.74, 6) is 0. The molecule has 3 nitrogen and oxygen atoms in total. The summed E-state index contributed by atoms with van der Waals surface area (Å²) < 4.78 is 5.21. The number of fused-ring (bicyclic) bond motifs is 1. The van der Waals surface area contributed by atoms with Gasteiger partial charge in [-0.1, -0.05) is 6.07 Å². The zero-order valence-corrected chi connectivity index (χ0v) is 10.7. The molecule has 0 saturated heterocycles. The van der Waals surface area contributed by atoms with Gasteiger partial charge in [-0.05, 0) is 63.3 Å². The predicted octanol–water partition coefficient (Wildman–Crippen LogP) is 3.52. The van der Waals surface area contributed by atoms with Crippen LogP contribution in [-0.2, 0) is 17.6 Å². The summed E-state index contributed by atoms with van der Waals surface area (Å²) in [7, 11) is 0. The lowest BCUT2D eigenvalue weighted by Gasteiger charge is -2.19. The van der Waals surface area contributed by atoms with E-state index in [9.17, 15) is 4.79 Å². The maximum atomic E-state index is 11.6. The number of ether oxygens (including phenoxy) is 1. The molecular formula is C14H19NO2. The highest BCUT2D eigenvalue weighted by molar-refractivity contribution is 5.85. The molecular weight excluding hydrogens is 214 g/mol. The van der Waals surface area contributed by atoms with Crippen LogP contribution < -0.4 is 5.32 Å². The van der Waals surface area contributed by atoms with E-state index in [2.05, 4.69) is 11.4 Å². The van der Waals surface area contributed by atoms with Gasteiger partial charge in [-0.15, -0.1) is 0 Å². The average molecular weight is 233 g/mol. The third kappa shape index (κ3) is 3.22. The first kappa shape index (κ1) is 12.0. The summed E-state index contributed by atoms with van der Waals surface area (Å²) in [6, 6.07) is 6.08. The second-order valence-corrected chi connectivity index (χ2v) is 5.46. The highest BCUT2D eigenvalue weighted by atomic mass is 16.6. The number of anilines is 1. The first-order chi connectivity index (χ1) is 7.94. The number of aryl methyl sites for hydroxylation is 2. The molecule has 0 atom stereocenters. The van der Waals surface area contributed by atoms with E-state index >= 15 is 0 Å². The molecule has 1 aromatic carbocycles. The van der Waals surface area contributed by atoms with Gasteiger partial charge in [0.2, 0.25) is 0 Å². The van der Waals surface area contributed by atoms with Crippen molar-refractivity contribution in [3.63, 3.8) is 0 Å². The molecule has 92 valence electrons. The minimum absolute atomic E-state index is 0.393. The van der Waals surface area contributed by atoms with Crippen LogP contribution in [0.25, 0.3) is 0 Å². The fourth-order valence-electron chi connectivity index (χ4n) is 2.07. The van der Waals surface area contributed by atoms with E-state index in [1.807, 2.05) is 32.9 Å². The molecule has 1 N–H and O–H groups in total. The van der Waals surface area contributed by atoms with E-state index in [4.69, 9.17) is 4.74 Å². The van der Waals surface area contributed by atoms with Gasteiger partial charge in [-0.25, -0.2) is 4.79 Å². The van der Waals surface area contributed by atoms with Crippen LogP contribution in [0, 0.1) is 0 Å². The molecule has 0 spiro atoms. The first-order valence-corrected chi connectivity index (χ1v) is 6.06. The molecule has 1 aliphatic carbocycles. The SMILES string of the molecule is CC(C)(C)OC(=O)Nc1ccc2c(c1)CCC2. The normalized spacial score (nSPS) is 14.3. The third-order valence-electron chi connectivity index (χ3n) is 2.74. The zero-order chi connectivity index (χ0) is 12.5. The summed E-state index contributed by atoms with van der Waals surface area (Å²) >= 11 is 0. The smallest absolute Gasteiger partial charge is 0.412 e. The Labute approximate surface area is 102 Å². The highest BCUT2D eigenvalue weighted by Gasteiger charge is 2.17. The molecule has 3 heteroatoms. The lowest BCUT2D eigenvalue weighted by Crippen LogP contribution is -2.27. The Morgan fingerprint density at radius 3 is 2.65 bits per heavy atom. The van der Waals surface area contributed by atoms with Crippen LogP contribution >= 0.6 is 0 Å². The van der Waals surface area contributed by atoms with Gasteiger partial charge < -0.3 is 4.74 Å².